The molecule has 0 saturated heterocycles. The zero-order valence-corrected chi connectivity index (χ0v) is 9.22. The van der Waals surface area contributed by atoms with Crippen molar-refractivity contribution in [2.24, 2.45) is 0 Å². The highest BCUT2D eigenvalue weighted by Gasteiger charge is 2.20. The first-order chi connectivity index (χ1) is 8.42. The van der Waals surface area contributed by atoms with Crippen LogP contribution < -0.4 is 0 Å². The second kappa shape index (κ2) is 3.14. The largest absolute Gasteiger partial charge is 0.260 e. The van der Waals surface area contributed by atoms with Crippen LogP contribution in [0.4, 0.5) is 0 Å². The van der Waals surface area contributed by atoms with Gasteiger partial charge in [-0.25, -0.2) is 0 Å². The lowest BCUT2D eigenvalue weighted by atomic mass is 10.1. The number of rotatable bonds is 0. The van der Waals surface area contributed by atoms with E-state index < -0.39 is 0 Å². The van der Waals surface area contributed by atoms with Crippen LogP contribution in [-0.2, 0) is 6.42 Å². The van der Waals surface area contributed by atoms with E-state index in [0.717, 1.165) is 23.3 Å². The van der Waals surface area contributed by atoms with Gasteiger partial charge in [0.25, 0.3) is 0 Å². The summed E-state index contributed by atoms with van der Waals surface area (Å²) < 4.78 is 0. The predicted octanol–water partition coefficient (Wildman–Crippen LogP) is 3.20. The molecule has 2 heteroatoms. The Hall–Kier alpha value is -2.22. The van der Waals surface area contributed by atoms with Gasteiger partial charge in [-0.15, -0.1) is 0 Å². The van der Waals surface area contributed by atoms with E-state index in [-0.39, 0.29) is 0 Å². The zero-order chi connectivity index (χ0) is 11.2. The van der Waals surface area contributed by atoms with Gasteiger partial charge in [0.1, 0.15) is 0 Å². The van der Waals surface area contributed by atoms with E-state index in [0.29, 0.717) is 0 Å². The SMILES string of the molecule is c1cnc2c(c1)-c1cc3ccccc3nc1C2. The summed E-state index contributed by atoms with van der Waals surface area (Å²) in [4.78, 5) is 9.16. The molecule has 0 bridgehead atoms. The van der Waals surface area contributed by atoms with E-state index in [1.54, 1.807) is 0 Å². The van der Waals surface area contributed by atoms with E-state index in [9.17, 15) is 0 Å². The Kier molecular flexibility index (Phi) is 1.64. The summed E-state index contributed by atoms with van der Waals surface area (Å²) in [7, 11) is 0. The highest BCUT2D eigenvalue weighted by atomic mass is 14.8. The lowest BCUT2D eigenvalue weighted by molar-refractivity contribution is 1.08. The van der Waals surface area contributed by atoms with Crippen LogP contribution in [0.25, 0.3) is 22.0 Å². The van der Waals surface area contributed by atoms with Gasteiger partial charge in [0.05, 0.1) is 16.9 Å². The molecule has 1 aliphatic rings. The molecule has 0 atom stereocenters. The summed E-state index contributed by atoms with van der Waals surface area (Å²) in [6.45, 7) is 0. The molecule has 0 spiro atoms. The molecule has 0 amide bonds. The van der Waals surface area contributed by atoms with Crippen molar-refractivity contribution in [3.05, 3.63) is 60.0 Å². The number of para-hydroxylation sites is 1. The average molecular weight is 218 g/mol. The molecule has 1 aliphatic carbocycles. The maximum absolute atomic E-state index is 4.73. The normalized spacial score (nSPS) is 12.5. The molecule has 0 saturated carbocycles. The molecule has 0 N–H and O–H groups in total. The summed E-state index contributed by atoms with van der Waals surface area (Å²) >= 11 is 0. The lowest BCUT2D eigenvalue weighted by Crippen LogP contribution is -1.88. The van der Waals surface area contributed by atoms with Crippen LogP contribution in [0.2, 0.25) is 0 Å². The van der Waals surface area contributed by atoms with Crippen LogP contribution in [0.15, 0.2) is 48.7 Å². The standard InChI is InChI=1S/C15H10N2/c1-2-6-13-10(4-1)8-12-11-5-3-7-16-14(11)9-15(12)17-13/h1-8H,9H2. The minimum Gasteiger partial charge on any atom is -0.260 e. The van der Waals surface area contributed by atoms with Gasteiger partial charge in [-0.2, -0.15) is 0 Å². The number of nitrogens with zero attached hydrogens (tertiary/aromatic N) is 2. The molecule has 1 aromatic carbocycles. The monoisotopic (exact) mass is 218 g/mol. The quantitative estimate of drug-likeness (QED) is 0.453. The van der Waals surface area contributed by atoms with Gasteiger partial charge in [-0.3, -0.25) is 9.97 Å². The van der Waals surface area contributed by atoms with Crippen LogP contribution >= 0.6 is 0 Å². The van der Waals surface area contributed by atoms with Crippen LogP contribution in [0.5, 0.6) is 0 Å². The molecule has 3 aromatic rings. The van der Waals surface area contributed by atoms with Crippen molar-refractivity contribution in [3.63, 3.8) is 0 Å². The third-order valence-electron chi connectivity index (χ3n) is 3.32. The van der Waals surface area contributed by atoms with Gasteiger partial charge >= 0.3 is 0 Å². The number of pyridine rings is 2. The maximum Gasteiger partial charge on any atom is 0.0705 e. The van der Waals surface area contributed by atoms with Gasteiger partial charge in [0, 0.05) is 29.1 Å². The summed E-state index contributed by atoms with van der Waals surface area (Å²) in [6.07, 6.45) is 2.71. The highest BCUT2D eigenvalue weighted by molar-refractivity contribution is 5.87. The minimum atomic E-state index is 0.857. The van der Waals surface area contributed by atoms with Gasteiger partial charge in [-0.05, 0) is 18.2 Å². The zero-order valence-electron chi connectivity index (χ0n) is 9.22. The van der Waals surface area contributed by atoms with Crippen molar-refractivity contribution in [2.45, 2.75) is 6.42 Å². The molecule has 17 heavy (non-hydrogen) atoms. The van der Waals surface area contributed by atoms with Crippen molar-refractivity contribution in [3.8, 4) is 11.1 Å². The maximum atomic E-state index is 4.73. The Labute approximate surface area is 99.0 Å². The Morgan fingerprint density at radius 3 is 2.82 bits per heavy atom. The van der Waals surface area contributed by atoms with E-state index in [2.05, 4.69) is 35.3 Å². The van der Waals surface area contributed by atoms with Crippen molar-refractivity contribution in [2.75, 3.05) is 0 Å². The van der Waals surface area contributed by atoms with Gasteiger partial charge in [0.15, 0.2) is 0 Å². The van der Waals surface area contributed by atoms with Crippen molar-refractivity contribution < 1.29 is 0 Å². The second-order valence-electron chi connectivity index (χ2n) is 4.35. The number of hydrogen-bond donors (Lipinski definition) is 0. The van der Waals surface area contributed by atoms with Crippen molar-refractivity contribution >= 4 is 10.9 Å². The van der Waals surface area contributed by atoms with E-state index in [1.807, 2.05) is 18.3 Å². The van der Waals surface area contributed by atoms with Crippen LogP contribution in [0.3, 0.4) is 0 Å². The number of benzene rings is 1. The number of hydrogen-bond acceptors (Lipinski definition) is 2. The first-order valence-corrected chi connectivity index (χ1v) is 5.75. The number of aromatic nitrogens is 2. The Morgan fingerprint density at radius 2 is 1.82 bits per heavy atom. The molecule has 0 fully saturated rings. The van der Waals surface area contributed by atoms with E-state index in [4.69, 9.17) is 4.98 Å². The third kappa shape index (κ3) is 1.21. The van der Waals surface area contributed by atoms with Crippen molar-refractivity contribution in [1.29, 1.82) is 0 Å². The molecule has 2 aromatic heterocycles. The molecule has 0 radical (unpaired) electrons. The first-order valence-electron chi connectivity index (χ1n) is 5.75. The lowest BCUT2D eigenvalue weighted by Gasteiger charge is -2.02. The molecule has 80 valence electrons. The Bertz CT molecular complexity index is 732. The fourth-order valence-electron chi connectivity index (χ4n) is 2.51. The van der Waals surface area contributed by atoms with Crippen LogP contribution in [-0.4, -0.2) is 9.97 Å². The summed E-state index contributed by atoms with van der Waals surface area (Å²) in [5.74, 6) is 0. The fraction of sp³-hybridized carbons (Fsp3) is 0.0667. The summed E-state index contributed by atoms with van der Waals surface area (Å²) in [5, 5.41) is 1.20. The molecular weight excluding hydrogens is 208 g/mol. The fourth-order valence-corrected chi connectivity index (χ4v) is 2.51. The first kappa shape index (κ1) is 8.88. The molecule has 4 rings (SSSR count). The molecule has 2 heterocycles. The van der Waals surface area contributed by atoms with Crippen molar-refractivity contribution in [1.82, 2.24) is 9.97 Å². The van der Waals surface area contributed by atoms with Gasteiger partial charge in [-0.1, -0.05) is 24.3 Å². The van der Waals surface area contributed by atoms with Gasteiger partial charge in [0.2, 0.25) is 0 Å². The summed E-state index contributed by atoms with van der Waals surface area (Å²) in [5.41, 5.74) is 5.84. The van der Waals surface area contributed by atoms with Crippen LogP contribution in [0.1, 0.15) is 11.4 Å². The Morgan fingerprint density at radius 1 is 0.882 bits per heavy atom. The smallest absolute Gasteiger partial charge is 0.0705 e. The second-order valence-corrected chi connectivity index (χ2v) is 4.35. The molecular formula is C15H10N2. The Balaban J connectivity index is 2.07. The third-order valence-corrected chi connectivity index (χ3v) is 3.32. The summed E-state index contributed by atoms with van der Waals surface area (Å²) in [6, 6.07) is 14.6. The molecule has 0 aliphatic heterocycles. The van der Waals surface area contributed by atoms with E-state index in [1.165, 1.54) is 16.5 Å². The highest BCUT2D eigenvalue weighted by Crippen LogP contribution is 2.35. The number of fused-ring (bicyclic) bond motifs is 4. The molecule has 0 unspecified atom stereocenters. The topological polar surface area (TPSA) is 25.8 Å². The van der Waals surface area contributed by atoms with Crippen LogP contribution in [0, 0.1) is 0 Å². The minimum absolute atomic E-state index is 0.857. The van der Waals surface area contributed by atoms with E-state index >= 15 is 0 Å². The van der Waals surface area contributed by atoms with Gasteiger partial charge < -0.3 is 0 Å². The molecule has 2 nitrogen and oxygen atoms in total. The predicted molar refractivity (Wildman–Crippen MR) is 67.8 cm³/mol. The average Bonchev–Trinajstić information content (AvgIpc) is 2.73.